The van der Waals surface area contributed by atoms with E-state index >= 15 is 0 Å². The van der Waals surface area contributed by atoms with Gasteiger partial charge >= 0.3 is 5.97 Å². The summed E-state index contributed by atoms with van der Waals surface area (Å²) in [5.74, 6) is 2.24. The van der Waals surface area contributed by atoms with Crippen LogP contribution in [0.5, 0.6) is 5.88 Å². The lowest BCUT2D eigenvalue weighted by Gasteiger charge is -2.26. The molecule has 1 saturated heterocycles. The molecule has 8 heteroatoms. The number of aromatic nitrogens is 1. The first-order chi connectivity index (χ1) is 15.6. The number of unbranched alkanes of at least 4 members (excludes halogenated alkanes) is 1. The minimum atomic E-state index is -0.239. The van der Waals surface area contributed by atoms with Gasteiger partial charge in [0.2, 0.25) is 11.8 Å². The number of ether oxygens (including phenoxy) is 2. The Morgan fingerprint density at radius 2 is 2.03 bits per heavy atom. The molecule has 2 rings (SSSR count). The second-order valence-corrected chi connectivity index (χ2v) is 9.06. The summed E-state index contributed by atoms with van der Waals surface area (Å²) in [7, 11) is 0. The molecule has 0 aromatic carbocycles. The predicted octanol–water partition coefficient (Wildman–Crippen LogP) is 3.59. The highest BCUT2D eigenvalue weighted by atomic mass is 32.2. The van der Waals surface area contributed by atoms with E-state index in [4.69, 9.17) is 9.47 Å². The Morgan fingerprint density at radius 1 is 1.19 bits per heavy atom. The summed E-state index contributed by atoms with van der Waals surface area (Å²) in [4.78, 5) is 29.3. The van der Waals surface area contributed by atoms with Crippen molar-refractivity contribution in [1.29, 1.82) is 0 Å². The van der Waals surface area contributed by atoms with Crippen LogP contribution in [0.15, 0.2) is 30.5 Å². The van der Waals surface area contributed by atoms with Gasteiger partial charge in [0.05, 0.1) is 0 Å². The van der Waals surface area contributed by atoms with E-state index in [2.05, 4.69) is 21.3 Å². The van der Waals surface area contributed by atoms with Crippen molar-refractivity contribution in [3.05, 3.63) is 36.0 Å². The molecule has 1 N–H and O–H groups in total. The summed E-state index contributed by atoms with van der Waals surface area (Å²) in [5.41, 5.74) is 1.23. The molecule has 0 saturated carbocycles. The van der Waals surface area contributed by atoms with Crippen LogP contribution in [-0.4, -0.2) is 66.1 Å². The van der Waals surface area contributed by atoms with Crippen molar-refractivity contribution in [1.82, 2.24) is 15.2 Å². The topological polar surface area (TPSA) is 80.8 Å². The number of thioether (sulfide) groups is 1. The first-order valence-corrected chi connectivity index (χ1v) is 12.7. The van der Waals surface area contributed by atoms with Crippen molar-refractivity contribution < 1.29 is 19.1 Å². The van der Waals surface area contributed by atoms with Crippen molar-refractivity contribution in [2.24, 2.45) is 0 Å². The molecule has 0 radical (unpaired) electrons. The van der Waals surface area contributed by atoms with Crippen LogP contribution < -0.4 is 10.1 Å². The third-order valence-corrected chi connectivity index (χ3v) is 6.07. The van der Waals surface area contributed by atoms with Crippen molar-refractivity contribution in [2.75, 3.05) is 44.4 Å². The molecule has 1 aliphatic heterocycles. The number of piperidine rings is 1. The van der Waals surface area contributed by atoms with Gasteiger partial charge in [0.1, 0.15) is 13.2 Å². The number of carbonyl (C=O) groups excluding carboxylic acids is 2. The highest BCUT2D eigenvalue weighted by molar-refractivity contribution is 7.99. The van der Waals surface area contributed by atoms with E-state index < -0.39 is 0 Å². The maximum Gasteiger partial charge on any atom is 0.302 e. The molecule has 0 bridgehead atoms. The number of amides is 1. The number of hydrogen-bond acceptors (Lipinski definition) is 7. The maximum absolute atomic E-state index is 11.9. The van der Waals surface area contributed by atoms with Crippen molar-refractivity contribution in [3.63, 3.8) is 0 Å². The fourth-order valence-corrected chi connectivity index (χ4v) is 4.20. The predicted molar refractivity (Wildman–Crippen MR) is 129 cm³/mol. The third-order valence-electron chi connectivity index (χ3n) is 5.04. The van der Waals surface area contributed by atoms with Crippen LogP contribution in [0.1, 0.15) is 51.0 Å². The Kier molecular flexibility index (Phi) is 13.6. The quantitative estimate of drug-likeness (QED) is 0.242. The molecule has 32 heavy (non-hydrogen) atoms. The molecule has 0 spiro atoms. The molecule has 0 atom stereocenters. The molecule has 2 heterocycles. The average Bonchev–Trinajstić information content (AvgIpc) is 2.78. The lowest BCUT2D eigenvalue weighted by Crippen LogP contribution is -2.29. The summed E-state index contributed by atoms with van der Waals surface area (Å²) in [6.45, 7) is 6.10. The second-order valence-electron chi connectivity index (χ2n) is 7.84. The van der Waals surface area contributed by atoms with Gasteiger partial charge in [0.25, 0.3) is 0 Å². The van der Waals surface area contributed by atoms with Crippen LogP contribution >= 0.6 is 11.8 Å². The third kappa shape index (κ3) is 12.7. The number of rotatable bonds is 15. The second kappa shape index (κ2) is 16.6. The molecule has 0 unspecified atom stereocenters. The van der Waals surface area contributed by atoms with Crippen LogP contribution in [0.25, 0.3) is 0 Å². The smallest absolute Gasteiger partial charge is 0.302 e. The van der Waals surface area contributed by atoms with Gasteiger partial charge in [-0.3, -0.25) is 14.5 Å². The van der Waals surface area contributed by atoms with Crippen molar-refractivity contribution in [2.45, 2.75) is 52.0 Å². The zero-order valence-corrected chi connectivity index (χ0v) is 20.0. The number of hydrogen-bond donors (Lipinski definition) is 1. The van der Waals surface area contributed by atoms with E-state index in [9.17, 15) is 9.59 Å². The summed E-state index contributed by atoms with van der Waals surface area (Å²) >= 11 is 1.74. The number of nitrogens with zero attached hydrogens (tertiary/aromatic N) is 2. The summed E-state index contributed by atoms with van der Waals surface area (Å²) < 4.78 is 10.6. The van der Waals surface area contributed by atoms with E-state index in [1.165, 1.54) is 44.8 Å². The van der Waals surface area contributed by atoms with Crippen molar-refractivity contribution >= 4 is 23.6 Å². The van der Waals surface area contributed by atoms with Crippen LogP contribution in [0.4, 0.5) is 0 Å². The lowest BCUT2D eigenvalue weighted by molar-refractivity contribution is -0.140. The molecule has 0 aliphatic carbocycles. The monoisotopic (exact) mass is 463 g/mol. The highest BCUT2D eigenvalue weighted by Crippen LogP contribution is 2.15. The summed E-state index contributed by atoms with van der Waals surface area (Å²) in [5, 5.41) is 2.89. The normalized spacial score (nSPS) is 14.4. The molecular formula is C24H37N3O4S. The largest absolute Gasteiger partial charge is 0.473 e. The van der Waals surface area contributed by atoms with E-state index in [-0.39, 0.29) is 11.9 Å². The van der Waals surface area contributed by atoms with Gasteiger partial charge in [0.15, 0.2) is 0 Å². The van der Waals surface area contributed by atoms with Gasteiger partial charge in [-0.1, -0.05) is 12.5 Å². The Balaban J connectivity index is 1.48. The van der Waals surface area contributed by atoms with E-state index in [0.717, 1.165) is 30.9 Å². The molecule has 1 aliphatic rings. The van der Waals surface area contributed by atoms with Crippen molar-refractivity contribution in [3.8, 4) is 5.88 Å². The lowest BCUT2D eigenvalue weighted by atomic mass is 10.1. The molecule has 7 nitrogen and oxygen atoms in total. The highest BCUT2D eigenvalue weighted by Gasteiger charge is 2.10. The van der Waals surface area contributed by atoms with Crippen LogP contribution in [0.2, 0.25) is 0 Å². The number of likely N-dealkylation sites (tertiary alicyclic amines) is 1. The summed E-state index contributed by atoms with van der Waals surface area (Å²) in [6, 6.07) is 4.06. The molecule has 1 aromatic heterocycles. The van der Waals surface area contributed by atoms with Gasteiger partial charge in [-0.25, -0.2) is 4.98 Å². The fraction of sp³-hybridized carbons (Fsp3) is 0.625. The van der Waals surface area contributed by atoms with E-state index in [0.29, 0.717) is 32.1 Å². The Morgan fingerprint density at radius 3 is 2.84 bits per heavy atom. The minimum Gasteiger partial charge on any atom is -0.473 e. The Bertz CT molecular complexity index is 708. The van der Waals surface area contributed by atoms with Crippen LogP contribution in [-0.2, 0) is 20.9 Å². The first kappa shape index (κ1) is 26.2. The number of esters is 1. The molecule has 1 fully saturated rings. The number of carbonyl (C=O) groups is 2. The molecular weight excluding hydrogens is 426 g/mol. The SMILES string of the molecule is CC(=O)OCCSCCCCC(=O)NC/C=C\COc1cc(CN2CCCCC2)ccn1. The summed E-state index contributed by atoms with van der Waals surface area (Å²) in [6.07, 6.45) is 11.9. The van der Waals surface area contributed by atoms with Gasteiger partial charge in [0, 0.05) is 44.5 Å². The van der Waals surface area contributed by atoms with E-state index in [1.807, 2.05) is 18.2 Å². The minimum absolute atomic E-state index is 0.0626. The zero-order valence-electron chi connectivity index (χ0n) is 19.2. The van der Waals surface area contributed by atoms with Gasteiger partial charge in [-0.05, 0) is 62.2 Å². The fourth-order valence-electron chi connectivity index (χ4n) is 3.39. The van der Waals surface area contributed by atoms with E-state index in [1.54, 1.807) is 18.0 Å². The molecule has 178 valence electrons. The van der Waals surface area contributed by atoms with Crippen LogP contribution in [0, 0.1) is 0 Å². The first-order valence-electron chi connectivity index (χ1n) is 11.6. The number of pyridine rings is 1. The number of nitrogens with one attached hydrogen (secondary N) is 1. The Hall–Kier alpha value is -2.06. The van der Waals surface area contributed by atoms with Gasteiger partial charge in [-0.2, -0.15) is 11.8 Å². The van der Waals surface area contributed by atoms with Gasteiger partial charge in [-0.15, -0.1) is 0 Å². The average molecular weight is 464 g/mol. The standard InChI is InChI=1S/C24H37N3O4S/c1-21(28)30-16-18-32-17-8-3-9-23(29)25-11-4-7-15-31-24-19-22(10-12-26-24)20-27-13-5-2-6-14-27/h4,7,10,12,19H,2-3,5-6,8-9,11,13-18,20H2,1H3,(H,25,29)/b7-4-. The maximum atomic E-state index is 11.9. The molecule has 1 aromatic rings. The molecule has 1 amide bonds. The van der Waals surface area contributed by atoms with Crippen LogP contribution in [0.3, 0.4) is 0 Å². The zero-order chi connectivity index (χ0) is 22.9. The van der Waals surface area contributed by atoms with Gasteiger partial charge < -0.3 is 14.8 Å². The Labute approximate surface area is 196 Å².